The molecule has 0 spiro atoms. The monoisotopic (exact) mass is 340 g/mol. The van der Waals surface area contributed by atoms with E-state index in [2.05, 4.69) is 11.4 Å². The van der Waals surface area contributed by atoms with Gasteiger partial charge in [-0.05, 0) is 67.8 Å². The molecule has 1 fully saturated rings. The first kappa shape index (κ1) is 17.5. The molecule has 0 bridgehead atoms. The topological polar surface area (TPSA) is 84.6 Å². The van der Waals surface area contributed by atoms with Crippen molar-refractivity contribution in [3.05, 3.63) is 53.6 Å². The second-order valence-corrected chi connectivity index (χ2v) is 6.83. The molecule has 0 radical (unpaired) electrons. The van der Waals surface area contributed by atoms with Crippen LogP contribution in [0.25, 0.3) is 0 Å². The second-order valence-electron chi connectivity index (χ2n) is 6.83. The van der Waals surface area contributed by atoms with Crippen LogP contribution >= 0.6 is 0 Å². The number of aryl methyl sites for hydroxylation is 2. The lowest BCUT2D eigenvalue weighted by molar-refractivity contribution is -0.120. The number of ether oxygens (including phenoxy) is 1. The molecule has 3 unspecified atom stereocenters. The van der Waals surface area contributed by atoms with Crippen molar-refractivity contribution >= 4 is 11.6 Å². The Hall–Kier alpha value is -2.37. The largest absolute Gasteiger partial charge is 0.457 e. The number of rotatable bonds is 5. The first-order chi connectivity index (χ1) is 11.9. The zero-order valence-corrected chi connectivity index (χ0v) is 14.5. The van der Waals surface area contributed by atoms with Gasteiger partial charge in [-0.2, -0.15) is 0 Å². The molecule has 1 aliphatic rings. The molecule has 0 heterocycles. The minimum absolute atomic E-state index is 0.0886. The van der Waals surface area contributed by atoms with Crippen molar-refractivity contribution in [2.45, 2.75) is 38.8 Å². The highest BCUT2D eigenvalue weighted by molar-refractivity contribution is 5.91. The van der Waals surface area contributed by atoms with E-state index in [0.717, 1.165) is 16.9 Å². The summed E-state index contributed by atoms with van der Waals surface area (Å²) in [6.45, 7) is 4.06. The Morgan fingerprint density at radius 1 is 1.16 bits per heavy atom. The molecule has 2 aromatic carbocycles. The van der Waals surface area contributed by atoms with Gasteiger partial charge in [0.25, 0.3) is 0 Å². The molecule has 0 saturated heterocycles. The number of carbonyl (C=O) groups is 1. The maximum absolute atomic E-state index is 12.0. The molecule has 5 heteroatoms. The third kappa shape index (κ3) is 4.38. The van der Waals surface area contributed by atoms with E-state index >= 15 is 0 Å². The van der Waals surface area contributed by atoms with E-state index in [1.54, 1.807) is 12.1 Å². The predicted molar refractivity (Wildman–Crippen MR) is 97.8 cm³/mol. The van der Waals surface area contributed by atoms with Crippen molar-refractivity contribution < 1.29 is 14.6 Å². The van der Waals surface area contributed by atoms with Crippen LogP contribution in [0.1, 0.15) is 24.0 Å². The van der Waals surface area contributed by atoms with Crippen molar-refractivity contribution in [3.8, 4) is 11.5 Å². The highest BCUT2D eigenvalue weighted by Gasteiger charge is 2.38. The molecule has 2 aromatic rings. The van der Waals surface area contributed by atoms with Crippen LogP contribution in [0.2, 0.25) is 0 Å². The molecule has 3 rings (SSSR count). The number of aliphatic hydroxyl groups is 1. The molecule has 0 aromatic heterocycles. The molecule has 5 nitrogen and oxygen atoms in total. The number of benzene rings is 2. The number of anilines is 1. The Morgan fingerprint density at radius 3 is 2.36 bits per heavy atom. The third-order valence-electron chi connectivity index (χ3n) is 4.55. The number of nitrogens with one attached hydrogen (secondary N) is 1. The summed E-state index contributed by atoms with van der Waals surface area (Å²) in [5, 5.41) is 12.5. The van der Waals surface area contributed by atoms with Crippen LogP contribution in [-0.4, -0.2) is 23.2 Å². The average Bonchev–Trinajstić information content (AvgIpc) is 2.54. The molecule has 3 atom stereocenters. The van der Waals surface area contributed by atoms with Gasteiger partial charge in [0, 0.05) is 24.1 Å². The average molecular weight is 340 g/mol. The summed E-state index contributed by atoms with van der Waals surface area (Å²) in [5.41, 5.74) is 8.80. The van der Waals surface area contributed by atoms with Gasteiger partial charge in [0.1, 0.15) is 11.5 Å². The molecular formula is C20H24N2O3. The van der Waals surface area contributed by atoms with Gasteiger partial charge in [-0.3, -0.25) is 4.79 Å². The van der Waals surface area contributed by atoms with E-state index in [1.165, 1.54) is 0 Å². The first-order valence-electron chi connectivity index (χ1n) is 8.50. The maximum atomic E-state index is 12.0. The third-order valence-corrected chi connectivity index (χ3v) is 4.55. The minimum atomic E-state index is -0.464. The van der Waals surface area contributed by atoms with Crippen molar-refractivity contribution in [1.29, 1.82) is 0 Å². The molecule has 0 aliphatic heterocycles. The quantitative estimate of drug-likeness (QED) is 0.781. The van der Waals surface area contributed by atoms with Gasteiger partial charge in [0.15, 0.2) is 0 Å². The highest BCUT2D eigenvalue weighted by atomic mass is 16.5. The van der Waals surface area contributed by atoms with Crippen LogP contribution in [-0.2, 0) is 4.79 Å². The summed E-state index contributed by atoms with van der Waals surface area (Å²) in [5.74, 6) is 1.22. The fraction of sp³-hybridized carbons (Fsp3) is 0.350. The number of aliphatic hydroxyl groups excluding tert-OH is 1. The number of amides is 1. The fourth-order valence-electron chi connectivity index (χ4n) is 3.17. The van der Waals surface area contributed by atoms with Crippen LogP contribution in [0.15, 0.2) is 42.5 Å². The van der Waals surface area contributed by atoms with Crippen LogP contribution in [0.4, 0.5) is 5.69 Å². The van der Waals surface area contributed by atoms with Crippen molar-refractivity contribution in [1.82, 2.24) is 0 Å². The van der Waals surface area contributed by atoms with Gasteiger partial charge in [0.2, 0.25) is 5.91 Å². The van der Waals surface area contributed by atoms with Gasteiger partial charge >= 0.3 is 0 Å². The van der Waals surface area contributed by atoms with Crippen LogP contribution in [0.5, 0.6) is 11.5 Å². The number of hydrogen-bond donors (Lipinski definition) is 3. The Kier molecular flexibility index (Phi) is 5.06. The Labute approximate surface area is 147 Å². The smallest absolute Gasteiger partial charge is 0.224 e. The summed E-state index contributed by atoms with van der Waals surface area (Å²) in [4.78, 5) is 12.0. The number of hydrogen-bond acceptors (Lipinski definition) is 4. The van der Waals surface area contributed by atoms with Crippen LogP contribution in [0, 0.1) is 19.8 Å². The fourth-order valence-corrected chi connectivity index (χ4v) is 3.17. The number of carbonyl (C=O) groups excluding carboxylic acids is 1. The Balaban J connectivity index is 1.57. The van der Waals surface area contributed by atoms with E-state index in [4.69, 9.17) is 10.5 Å². The highest BCUT2D eigenvalue weighted by Crippen LogP contribution is 2.30. The van der Waals surface area contributed by atoms with Crippen molar-refractivity contribution in [2.24, 2.45) is 11.7 Å². The molecular weight excluding hydrogens is 316 g/mol. The molecule has 1 aliphatic carbocycles. The van der Waals surface area contributed by atoms with Crippen LogP contribution in [0.3, 0.4) is 0 Å². The molecule has 25 heavy (non-hydrogen) atoms. The molecule has 132 valence electrons. The van der Waals surface area contributed by atoms with Crippen LogP contribution < -0.4 is 15.8 Å². The molecule has 1 saturated carbocycles. The standard InChI is InChI=1S/C20H24N2O3/c1-12-7-13(2)9-16(8-12)25-15-5-3-14(4-6-15)22-20(24)10-17-18(21)11-19(17)23/h3-9,17-19,23H,10-11,21H2,1-2H3,(H,22,24). The lowest BCUT2D eigenvalue weighted by atomic mass is 9.75. The zero-order valence-electron chi connectivity index (χ0n) is 14.5. The summed E-state index contributed by atoms with van der Waals surface area (Å²) >= 11 is 0. The second kappa shape index (κ2) is 7.25. The van der Waals surface area contributed by atoms with Gasteiger partial charge in [-0.15, -0.1) is 0 Å². The van der Waals surface area contributed by atoms with Gasteiger partial charge < -0.3 is 20.9 Å². The minimum Gasteiger partial charge on any atom is -0.457 e. The lowest BCUT2D eigenvalue weighted by Crippen LogP contribution is -2.52. The molecule has 4 N–H and O–H groups in total. The van der Waals surface area contributed by atoms with Gasteiger partial charge in [-0.1, -0.05) is 6.07 Å². The predicted octanol–water partition coefficient (Wildman–Crippen LogP) is 3.13. The molecule has 1 amide bonds. The Morgan fingerprint density at radius 2 is 1.80 bits per heavy atom. The van der Waals surface area contributed by atoms with Gasteiger partial charge in [0.05, 0.1) is 6.10 Å². The lowest BCUT2D eigenvalue weighted by Gasteiger charge is -2.38. The summed E-state index contributed by atoms with van der Waals surface area (Å²) in [6, 6.07) is 13.2. The maximum Gasteiger partial charge on any atom is 0.224 e. The summed E-state index contributed by atoms with van der Waals surface area (Å²) in [6.07, 6.45) is 0.347. The van der Waals surface area contributed by atoms with Gasteiger partial charge in [-0.25, -0.2) is 0 Å². The number of nitrogens with two attached hydrogens (primary N) is 1. The summed E-state index contributed by atoms with van der Waals surface area (Å²) in [7, 11) is 0. The van der Waals surface area contributed by atoms with E-state index in [9.17, 15) is 9.90 Å². The normalized spacial score (nSPS) is 22.2. The van der Waals surface area contributed by atoms with E-state index in [-0.39, 0.29) is 24.3 Å². The first-order valence-corrected chi connectivity index (χ1v) is 8.50. The van der Waals surface area contributed by atoms with Crippen molar-refractivity contribution in [2.75, 3.05) is 5.32 Å². The van der Waals surface area contributed by atoms with E-state index in [0.29, 0.717) is 17.9 Å². The summed E-state index contributed by atoms with van der Waals surface area (Å²) < 4.78 is 5.86. The van der Waals surface area contributed by atoms with Crippen molar-refractivity contribution in [3.63, 3.8) is 0 Å². The van der Waals surface area contributed by atoms with E-state index in [1.807, 2.05) is 38.1 Å². The Bertz CT molecular complexity index is 730. The SMILES string of the molecule is Cc1cc(C)cc(Oc2ccc(NC(=O)CC3C(N)CC3O)cc2)c1. The van der Waals surface area contributed by atoms with E-state index < -0.39 is 6.10 Å². The zero-order chi connectivity index (χ0) is 18.0.